The lowest BCUT2D eigenvalue weighted by molar-refractivity contribution is -0.139. The van der Waals surface area contributed by atoms with E-state index in [9.17, 15) is 4.79 Å². The van der Waals surface area contributed by atoms with E-state index in [-0.39, 0.29) is 5.91 Å². The van der Waals surface area contributed by atoms with Crippen molar-refractivity contribution in [3.63, 3.8) is 0 Å². The van der Waals surface area contributed by atoms with Gasteiger partial charge in [-0.15, -0.1) is 0 Å². The third-order valence-electron chi connectivity index (χ3n) is 7.51. The molecule has 0 unspecified atom stereocenters. The summed E-state index contributed by atoms with van der Waals surface area (Å²) in [5.41, 5.74) is 0.609. The maximum atomic E-state index is 13.8. The van der Waals surface area contributed by atoms with E-state index >= 15 is 0 Å². The number of hydrogen-bond acceptors (Lipinski definition) is 7. The molecule has 8 heteroatoms. The molecule has 0 aromatic carbocycles. The van der Waals surface area contributed by atoms with Crippen LogP contribution in [0.15, 0.2) is 43.0 Å². The molecule has 0 spiro atoms. The Bertz CT molecular complexity index is 892. The van der Waals surface area contributed by atoms with Gasteiger partial charge in [0.05, 0.1) is 18.6 Å². The minimum absolute atomic E-state index is 0.160. The van der Waals surface area contributed by atoms with Crippen molar-refractivity contribution in [1.82, 2.24) is 25.2 Å². The number of amides is 1. The molecular weight excluding hydrogens is 404 g/mol. The van der Waals surface area contributed by atoms with Gasteiger partial charge in [-0.1, -0.05) is 6.07 Å². The zero-order valence-corrected chi connectivity index (χ0v) is 18.5. The number of nitrogens with zero attached hydrogens (tertiary/aromatic N) is 5. The molecule has 1 saturated carbocycles. The number of morpholine rings is 1. The van der Waals surface area contributed by atoms with E-state index in [1.807, 2.05) is 24.4 Å². The van der Waals surface area contributed by atoms with Crippen molar-refractivity contribution < 1.29 is 9.53 Å². The number of nitrogens with one attached hydrogen (secondary N) is 1. The Morgan fingerprint density at radius 3 is 2.75 bits per heavy atom. The highest BCUT2D eigenvalue weighted by Gasteiger charge is 2.53. The zero-order valence-electron chi connectivity index (χ0n) is 18.5. The first kappa shape index (κ1) is 21.3. The minimum atomic E-state index is -0.414. The SMILES string of the molecule is O=C(NCc1cccnc1)[C@@]12CC[C@H](N3CCOCC3)C[C@H]1CCN(c1ncccn1)C2. The van der Waals surface area contributed by atoms with Crippen molar-refractivity contribution in [2.75, 3.05) is 44.3 Å². The number of piperidine rings is 1. The van der Waals surface area contributed by atoms with Gasteiger partial charge in [0.1, 0.15) is 0 Å². The number of pyridine rings is 1. The van der Waals surface area contributed by atoms with Crippen LogP contribution >= 0.6 is 0 Å². The van der Waals surface area contributed by atoms with Crippen molar-refractivity contribution in [3.05, 3.63) is 48.5 Å². The van der Waals surface area contributed by atoms with Gasteiger partial charge in [0.2, 0.25) is 11.9 Å². The average Bonchev–Trinajstić information content (AvgIpc) is 2.88. The Morgan fingerprint density at radius 2 is 1.97 bits per heavy atom. The molecule has 1 aliphatic carbocycles. The lowest BCUT2D eigenvalue weighted by Crippen LogP contribution is -2.61. The minimum Gasteiger partial charge on any atom is -0.379 e. The molecule has 0 bridgehead atoms. The van der Waals surface area contributed by atoms with E-state index in [1.165, 1.54) is 0 Å². The third-order valence-corrected chi connectivity index (χ3v) is 7.51. The highest BCUT2D eigenvalue weighted by molar-refractivity contribution is 5.84. The lowest BCUT2D eigenvalue weighted by Gasteiger charge is -2.53. The number of aromatic nitrogens is 3. The Balaban J connectivity index is 1.35. The monoisotopic (exact) mass is 436 g/mol. The molecule has 1 amide bonds. The maximum absolute atomic E-state index is 13.8. The molecule has 3 aliphatic rings. The van der Waals surface area contributed by atoms with Crippen LogP contribution in [0.4, 0.5) is 5.95 Å². The highest BCUT2D eigenvalue weighted by atomic mass is 16.5. The van der Waals surface area contributed by atoms with Crippen LogP contribution in [-0.4, -0.2) is 71.2 Å². The van der Waals surface area contributed by atoms with Crippen LogP contribution in [0.3, 0.4) is 0 Å². The zero-order chi connectivity index (χ0) is 21.8. The fourth-order valence-electron chi connectivity index (χ4n) is 5.77. The molecule has 4 heterocycles. The summed E-state index contributed by atoms with van der Waals surface area (Å²) in [6.07, 6.45) is 11.1. The molecule has 32 heavy (non-hydrogen) atoms. The molecule has 2 aromatic heterocycles. The van der Waals surface area contributed by atoms with Gasteiger partial charge in [-0.05, 0) is 49.3 Å². The second kappa shape index (κ2) is 9.50. The Kier molecular flexibility index (Phi) is 6.32. The van der Waals surface area contributed by atoms with Gasteiger partial charge in [-0.2, -0.15) is 0 Å². The standard InChI is InChI=1S/C24H32N6O2/c31-22(28-17-19-3-1-7-25-16-19)24-6-4-21(29-11-13-32-14-12-29)15-20(24)5-10-30(18-24)23-26-8-2-9-27-23/h1-3,7-9,16,20-21H,4-6,10-15,17-18H2,(H,28,31)/t20-,21+,24-/m1/s1. The summed E-state index contributed by atoms with van der Waals surface area (Å²) >= 11 is 0. The van der Waals surface area contributed by atoms with Crippen LogP contribution in [0.25, 0.3) is 0 Å². The largest absolute Gasteiger partial charge is 0.379 e. The Morgan fingerprint density at radius 1 is 1.12 bits per heavy atom. The molecule has 2 aromatic rings. The van der Waals surface area contributed by atoms with Crippen LogP contribution in [0.1, 0.15) is 31.2 Å². The summed E-state index contributed by atoms with van der Waals surface area (Å²) in [4.78, 5) is 31.6. The van der Waals surface area contributed by atoms with Gasteiger partial charge in [-0.3, -0.25) is 14.7 Å². The number of anilines is 1. The van der Waals surface area contributed by atoms with Crippen molar-refractivity contribution in [3.8, 4) is 0 Å². The molecule has 8 nitrogen and oxygen atoms in total. The van der Waals surface area contributed by atoms with Gasteiger partial charge in [0.25, 0.3) is 0 Å². The molecule has 0 radical (unpaired) electrons. The van der Waals surface area contributed by atoms with Gasteiger partial charge in [0.15, 0.2) is 0 Å². The van der Waals surface area contributed by atoms with Crippen molar-refractivity contribution in [2.24, 2.45) is 11.3 Å². The van der Waals surface area contributed by atoms with Crippen LogP contribution < -0.4 is 10.2 Å². The normalized spacial score (nSPS) is 28.7. The number of ether oxygens (including phenoxy) is 1. The van der Waals surface area contributed by atoms with Gasteiger partial charge >= 0.3 is 0 Å². The van der Waals surface area contributed by atoms with E-state index in [4.69, 9.17) is 4.74 Å². The number of fused-ring (bicyclic) bond motifs is 1. The summed E-state index contributed by atoms with van der Waals surface area (Å²) in [7, 11) is 0. The third kappa shape index (κ3) is 4.34. The Hall–Kier alpha value is -2.58. The fourth-order valence-corrected chi connectivity index (χ4v) is 5.77. The molecule has 3 fully saturated rings. The molecule has 3 atom stereocenters. The van der Waals surface area contributed by atoms with E-state index in [0.717, 1.165) is 70.0 Å². The smallest absolute Gasteiger partial charge is 0.228 e. The number of carbonyl (C=O) groups excluding carboxylic acids is 1. The van der Waals surface area contributed by atoms with Gasteiger partial charge in [0, 0.05) is 63.6 Å². The summed E-state index contributed by atoms with van der Waals surface area (Å²) < 4.78 is 5.56. The first-order chi connectivity index (χ1) is 15.7. The summed E-state index contributed by atoms with van der Waals surface area (Å²) in [5, 5.41) is 3.24. The highest BCUT2D eigenvalue weighted by Crippen LogP contribution is 2.48. The summed E-state index contributed by atoms with van der Waals surface area (Å²) in [5.74, 6) is 1.24. The molecule has 2 saturated heterocycles. The fraction of sp³-hybridized carbons (Fsp3) is 0.583. The molecule has 170 valence electrons. The molecule has 1 N–H and O–H groups in total. The van der Waals surface area contributed by atoms with Crippen LogP contribution in [-0.2, 0) is 16.1 Å². The number of rotatable bonds is 5. The van der Waals surface area contributed by atoms with Crippen LogP contribution in [0, 0.1) is 11.3 Å². The summed E-state index contributed by atoms with van der Waals surface area (Å²) in [6.45, 7) is 5.71. The molecular formula is C24H32N6O2. The second-order valence-electron chi connectivity index (χ2n) is 9.23. The first-order valence-electron chi connectivity index (χ1n) is 11.8. The Labute approximate surface area is 189 Å². The predicted octanol–water partition coefficient (Wildman–Crippen LogP) is 1.89. The van der Waals surface area contributed by atoms with E-state index in [1.54, 1.807) is 18.6 Å². The van der Waals surface area contributed by atoms with Crippen LogP contribution in [0.2, 0.25) is 0 Å². The number of carbonyl (C=O) groups is 1. The van der Waals surface area contributed by atoms with E-state index in [0.29, 0.717) is 25.0 Å². The second-order valence-corrected chi connectivity index (χ2v) is 9.23. The molecule has 2 aliphatic heterocycles. The van der Waals surface area contributed by atoms with Crippen LogP contribution in [0.5, 0.6) is 0 Å². The lowest BCUT2D eigenvalue weighted by atomic mass is 9.61. The summed E-state index contributed by atoms with van der Waals surface area (Å²) in [6, 6.07) is 6.29. The maximum Gasteiger partial charge on any atom is 0.228 e. The van der Waals surface area contributed by atoms with Crippen molar-refractivity contribution in [2.45, 2.75) is 38.3 Å². The number of hydrogen-bond donors (Lipinski definition) is 1. The van der Waals surface area contributed by atoms with Crippen molar-refractivity contribution in [1.29, 1.82) is 0 Å². The first-order valence-corrected chi connectivity index (χ1v) is 11.8. The van der Waals surface area contributed by atoms with E-state index < -0.39 is 5.41 Å². The molecule has 5 rings (SSSR count). The van der Waals surface area contributed by atoms with Gasteiger partial charge < -0.3 is 15.0 Å². The van der Waals surface area contributed by atoms with Crippen molar-refractivity contribution >= 4 is 11.9 Å². The van der Waals surface area contributed by atoms with Gasteiger partial charge in [-0.25, -0.2) is 9.97 Å². The van der Waals surface area contributed by atoms with E-state index in [2.05, 4.69) is 30.1 Å². The topological polar surface area (TPSA) is 83.5 Å². The average molecular weight is 437 g/mol. The predicted molar refractivity (Wildman–Crippen MR) is 121 cm³/mol. The quantitative estimate of drug-likeness (QED) is 0.766.